The van der Waals surface area contributed by atoms with Crippen LogP contribution >= 0.6 is 0 Å². The molecule has 2 aliphatic rings. The summed E-state index contributed by atoms with van der Waals surface area (Å²) in [5.41, 5.74) is 22.5. The van der Waals surface area contributed by atoms with Crippen LogP contribution in [0.2, 0.25) is 0 Å². The number of fused-ring (bicyclic) bond motifs is 8. The van der Waals surface area contributed by atoms with Crippen molar-refractivity contribution in [1.29, 1.82) is 0 Å². The molecule has 0 amide bonds. The monoisotopic (exact) mass is 613 g/mol. The van der Waals surface area contributed by atoms with Crippen molar-refractivity contribution in [3.8, 4) is 0 Å². The molecule has 0 fully saturated rings. The molecule has 43 heavy (non-hydrogen) atoms. The standard InChI is InChI=1S/C36H42N6.Mn/c1-15-19(5)33-25(11)37-26(12)35-21(7)17(3)31(41-35)24(10)32-18(4)22(8)36(42-32)28(14)38-27(13)34-20(6)16(2)30(40-34)23(9)29(15)39-33;/h1-14H3;/q-2;+2. The van der Waals surface area contributed by atoms with E-state index in [9.17, 15) is 0 Å². The van der Waals surface area contributed by atoms with Gasteiger partial charge in [-0.15, -0.1) is 22.1 Å². The summed E-state index contributed by atoms with van der Waals surface area (Å²) < 4.78 is 0. The van der Waals surface area contributed by atoms with Crippen molar-refractivity contribution in [2.24, 2.45) is 0 Å². The number of hydrogen-bond donors (Lipinski definition) is 0. The maximum Gasteiger partial charge on any atom is 2.00 e. The van der Waals surface area contributed by atoms with E-state index in [1.165, 1.54) is 0 Å². The zero-order valence-electron chi connectivity index (χ0n) is 28.1. The molecule has 0 spiro atoms. The van der Waals surface area contributed by atoms with Crippen molar-refractivity contribution in [3.05, 3.63) is 78.9 Å². The Balaban J connectivity index is 0.00000423. The first kappa shape index (κ1) is 32.4. The summed E-state index contributed by atoms with van der Waals surface area (Å²) in [4.78, 5) is 30.7. The first-order valence-corrected chi connectivity index (χ1v) is 14.7. The molecule has 3 aromatic heterocycles. The molecule has 0 aliphatic carbocycles. The minimum Gasteiger partial charge on any atom is -0.656 e. The van der Waals surface area contributed by atoms with Gasteiger partial charge in [-0.2, -0.15) is 0 Å². The average molecular weight is 614 g/mol. The van der Waals surface area contributed by atoms with Gasteiger partial charge in [0.15, 0.2) is 0 Å². The van der Waals surface area contributed by atoms with Crippen LogP contribution in [0.15, 0.2) is 0 Å². The second-order valence-corrected chi connectivity index (χ2v) is 12.1. The summed E-state index contributed by atoms with van der Waals surface area (Å²) in [5, 5.41) is 0. The van der Waals surface area contributed by atoms with Crippen molar-refractivity contribution >= 4 is 44.4 Å². The molecule has 5 rings (SSSR count). The smallest absolute Gasteiger partial charge is 0.656 e. The van der Waals surface area contributed by atoms with E-state index in [1.54, 1.807) is 0 Å². The second-order valence-electron chi connectivity index (χ2n) is 12.1. The minimum absolute atomic E-state index is 0. The summed E-state index contributed by atoms with van der Waals surface area (Å²) >= 11 is 0. The van der Waals surface area contributed by atoms with Gasteiger partial charge in [0.25, 0.3) is 0 Å². The van der Waals surface area contributed by atoms with Crippen molar-refractivity contribution in [1.82, 2.24) is 29.9 Å². The normalized spacial score (nSPS) is 13.0. The van der Waals surface area contributed by atoms with E-state index in [0.29, 0.717) is 0 Å². The fourth-order valence-electron chi connectivity index (χ4n) is 6.35. The SMILES string of the molecule is CC1=C(C)c2nc1c(C)nc(C)c1[n-]c(c(C)c3nc(c(C)nc(C)c4[n-]c(c2C)c(C)c4C)C(C)=C3C)c(C)c1C.[Mn+2]. The van der Waals surface area contributed by atoms with Crippen molar-refractivity contribution in [2.75, 3.05) is 0 Å². The van der Waals surface area contributed by atoms with Crippen LogP contribution in [-0.4, -0.2) is 19.9 Å². The fourth-order valence-corrected chi connectivity index (χ4v) is 6.35. The molecule has 0 saturated carbocycles. The van der Waals surface area contributed by atoms with E-state index in [2.05, 4.69) is 69.2 Å². The van der Waals surface area contributed by atoms with E-state index in [4.69, 9.17) is 29.9 Å². The van der Waals surface area contributed by atoms with Gasteiger partial charge in [-0.05, 0) is 130 Å². The third-order valence-corrected chi connectivity index (χ3v) is 9.45. The molecule has 0 atom stereocenters. The van der Waals surface area contributed by atoms with Gasteiger partial charge in [-0.3, -0.25) is 9.97 Å². The van der Waals surface area contributed by atoms with E-state index < -0.39 is 0 Å². The van der Waals surface area contributed by atoms with Gasteiger partial charge in [-0.25, -0.2) is 9.97 Å². The third-order valence-electron chi connectivity index (χ3n) is 9.45. The zero-order valence-corrected chi connectivity index (χ0v) is 29.2. The predicted octanol–water partition coefficient (Wildman–Crippen LogP) is 8.47. The Bertz CT molecular complexity index is 1870. The first-order chi connectivity index (χ1) is 19.6. The summed E-state index contributed by atoms with van der Waals surface area (Å²) in [6, 6.07) is 0. The quantitative estimate of drug-likeness (QED) is 0.237. The largest absolute Gasteiger partial charge is 2.00 e. The molecular weight excluding hydrogens is 571 g/mol. The fraction of sp³-hybridized carbons (Fsp3) is 0.389. The first-order valence-electron chi connectivity index (χ1n) is 14.7. The average Bonchev–Trinajstić information content (AvgIpc) is 3.61. The Morgan fingerprint density at radius 2 is 0.581 bits per heavy atom. The topological polar surface area (TPSA) is 79.8 Å². The number of aryl methyl sites for hydroxylation is 10. The third kappa shape index (κ3) is 5.07. The molecule has 6 nitrogen and oxygen atoms in total. The summed E-state index contributed by atoms with van der Waals surface area (Å²) in [6.07, 6.45) is 0. The molecule has 0 aromatic carbocycles. The van der Waals surface area contributed by atoms with Gasteiger partial charge in [-0.1, -0.05) is 22.3 Å². The number of aromatic nitrogens is 6. The molecule has 0 N–H and O–H groups in total. The predicted molar refractivity (Wildman–Crippen MR) is 176 cm³/mol. The van der Waals surface area contributed by atoms with Crippen LogP contribution in [0.4, 0.5) is 0 Å². The van der Waals surface area contributed by atoms with E-state index in [-0.39, 0.29) is 17.1 Å². The molecule has 0 unspecified atom stereocenters. The van der Waals surface area contributed by atoms with Gasteiger partial charge in [0.05, 0.1) is 34.2 Å². The number of allylic oxidation sites excluding steroid dienone is 4. The van der Waals surface area contributed by atoms with Crippen LogP contribution < -0.4 is 9.97 Å². The van der Waals surface area contributed by atoms with Crippen LogP contribution in [0.5, 0.6) is 0 Å². The molecule has 5 heterocycles. The minimum atomic E-state index is 0. The molecule has 2 aliphatic heterocycles. The van der Waals surface area contributed by atoms with Crippen LogP contribution in [0, 0.1) is 69.2 Å². The summed E-state index contributed by atoms with van der Waals surface area (Å²) in [5.74, 6) is 0. The van der Waals surface area contributed by atoms with Gasteiger partial charge < -0.3 is 9.97 Å². The molecule has 1 radical (unpaired) electrons. The Morgan fingerprint density at radius 1 is 0.302 bits per heavy atom. The van der Waals surface area contributed by atoms with Crippen molar-refractivity contribution < 1.29 is 17.1 Å². The summed E-state index contributed by atoms with van der Waals surface area (Å²) in [7, 11) is 0. The molecule has 0 saturated heterocycles. The molecular formula is C36H42MnN6. The van der Waals surface area contributed by atoms with Crippen LogP contribution in [0.1, 0.15) is 107 Å². The maximum atomic E-state index is 5.14. The molecule has 7 heteroatoms. The van der Waals surface area contributed by atoms with E-state index in [1.807, 2.05) is 27.7 Å². The van der Waals surface area contributed by atoms with Gasteiger partial charge in [0, 0.05) is 11.4 Å². The Morgan fingerprint density at radius 3 is 0.907 bits per heavy atom. The van der Waals surface area contributed by atoms with Crippen molar-refractivity contribution in [3.63, 3.8) is 0 Å². The Labute approximate surface area is 266 Å². The van der Waals surface area contributed by atoms with Gasteiger partial charge >= 0.3 is 17.1 Å². The molecule has 3 aromatic rings. The van der Waals surface area contributed by atoms with Gasteiger partial charge in [0.2, 0.25) is 0 Å². The van der Waals surface area contributed by atoms with Crippen LogP contribution in [0.25, 0.3) is 44.4 Å². The van der Waals surface area contributed by atoms with Crippen molar-refractivity contribution in [2.45, 2.75) is 96.9 Å². The Hall–Kier alpha value is -3.54. The van der Waals surface area contributed by atoms with E-state index in [0.717, 1.165) is 123 Å². The van der Waals surface area contributed by atoms with Gasteiger partial charge in [0.1, 0.15) is 0 Å². The summed E-state index contributed by atoms with van der Waals surface area (Å²) in [6.45, 7) is 29.5. The maximum absolute atomic E-state index is 5.14. The molecule has 223 valence electrons. The van der Waals surface area contributed by atoms with Crippen LogP contribution in [0.3, 0.4) is 0 Å². The molecule has 8 bridgehead atoms. The van der Waals surface area contributed by atoms with Crippen LogP contribution in [-0.2, 0) is 17.1 Å². The Kier molecular flexibility index (Phi) is 8.67. The second kappa shape index (κ2) is 11.5. The number of rotatable bonds is 0. The number of hydrogen-bond acceptors (Lipinski definition) is 4. The van der Waals surface area contributed by atoms with E-state index >= 15 is 0 Å². The number of nitrogens with zero attached hydrogens (tertiary/aromatic N) is 6. The zero-order chi connectivity index (χ0) is 30.9.